The van der Waals surface area contributed by atoms with Gasteiger partial charge in [-0.2, -0.15) is 0 Å². The minimum absolute atomic E-state index is 0. The molecule has 2 fully saturated rings. The number of nitrogens with zero attached hydrogens (tertiary/aromatic N) is 15. The van der Waals surface area contributed by atoms with Gasteiger partial charge in [-0.25, -0.2) is 14.4 Å². The number of likely N-dealkylation sites (tertiary alicyclic amines) is 1. The molecule has 0 spiro atoms. The monoisotopic (exact) mass is 1020 g/mol. The van der Waals surface area contributed by atoms with Gasteiger partial charge >= 0.3 is 17.5 Å². The molecule has 19 nitrogen and oxygen atoms in total. The Morgan fingerprint density at radius 3 is 1.49 bits per heavy atom. The zero-order valence-electron chi connectivity index (χ0n) is 42.5. The summed E-state index contributed by atoms with van der Waals surface area (Å²) >= 11 is 0. The Labute approximate surface area is 431 Å². The average molecular weight is 1020 g/mol. The molecule has 2 aliphatic rings. The summed E-state index contributed by atoms with van der Waals surface area (Å²) in [6.45, 7) is 6.59. The molecule has 20 heteroatoms. The van der Waals surface area contributed by atoms with Gasteiger partial charge < -0.3 is 9.64 Å². The number of amides is 1. The van der Waals surface area contributed by atoms with E-state index in [1.54, 1.807) is 36.6 Å². The molecule has 1 atom stereocenters. The van der Waals surface area contributed by atoms with E-state index >= 15 is 0 Å². The van der Waals surface area contributed by atoms with Crippen molar-refractivity contribution in [3.63, 3.8) is 0 Å². The van der Waals surface area contributed by atoms with E-state index in [4.69, 9.17) is 4.74 Å². The Kier molecular flexibility index (Phi) is 13.2. The summed E-state index contributed by atoms with van der Waals surface area (Å²) in [5.41, 5.74) is 11.4. The third-order valence-electron chi connectivity index (χ3n) is 14.1. The topological polar surface area (TPSA) is 196 Å². The molecule has 0 bridgehead atoms. The van der Waals surface area contributed by atoms with Crippen LogP contribution in [0.5, 0.6) is 0 Å². The van der Waals surface area contributed by atoms with Crippen molar-refractivity contribution < 1.29 is 9.53 Å². The van der Waals surface area contributed by atoms with Gasteiger partial charge in [0.15, 0.2) is 0 Å². The number of benzene rings is 2. The summed E-state index contributed by atoms with van der Waals surface area (Å²) in [5, 5.41) is 18.1. The first kappa shape index (κ1) is 49.5. The van der Waals surface area contributed by atoms with Crippen molar-refractivity contribution in [3.8, 4) is 45.0 Å². The van der Waals surface area contributed by atoms with E-state index in [0.29, 0.717) is 18.8 Å². The average Bonchev–Trinajstić information content (AvgIpc) is 4.17. The Balaban J connectivity index is 0.000000170. The zero-order valence-corrected chi connectivity index (χ0v) is 43.3. The van der Waals surface area contributed by atoms with Crippen LogP contribution in [0.15, 0.2) is 107 Å². The number of carbonyl (C=O) groups is 1. The summed E-state index contributed by atoms with van der Waals surface area (Å²) in [6, 6.07) is 20.3. The van der Waals surface area contributed by atoms with Crippen LogP contribution in [0, 0.1) is 0 Å². The number of carbonyl (C=O) groups excluding carboxylic acids is 1. The van der Waals surface area contributed by atoms with Crippen molar-refractivity contribution in [2.24, 2.45) is 28.2 Å². The molecule has 74 heavy (non-hydrogen) atoms. The van der Waals surface area contributed by atoms with Crippen molar-refractivity contribution in [2.75, 3.05) is 13.1 Å². The number of aromatic nitrogens is 14. The predicted octanol–water partition coefficient (Wildman–Crippen LogP) is 8.99. The zero-order chi connectivity index (χ0) is 50.7. The summed E-state index contributed by atoms with van der Waals surface area (Å²) in [6.07, 6.45) is 17.8. The van der Waals surface area contributed by atoms with Crippen molar-refractivity contribution in [2.45, 2.75) is 83.4 Å². The summed E-state index contributed by atoms with van der Waals surface area (Å²) in [4.78, 5) is 59.9. The number of pyridine rings is 4. The van der Waals surface area contributed by atoms with Crippen LogP contribution in [0.3, 0.4) is 0 Å². The van der Waals surface area contributed by atoms with Gasteiger partial charge in [-0.05, 0) is 94.0 Å². The molecule has 0 N–H and O–H groups in total. The van der Waals surface area contributed by atoms with Crippen LogP contribution in [0.1, 0.15) is 77.8 Å². The highest BCUT2D eigenvalue weighted by atomic mass is 35.5. The molecule has 2 aromatic carbocycles. The maximum absolute atomic E-state index is 13.6. The second-order valence-electron chi connectivity index (χ2n) is 20.3. The third-order valence-corrected chi connectivity index (χ3v) is 14.1. The fraction of sp³-hybridized carbons (Fsp3) is 0.352. The van der Waals surface area contributed by atoms with Gasteiger partial charge in [-0.3, -0.25) is 47.6 Å². The molecule has 1 saturated carbocycles. The molecule has 10 aromatic rings. The molecule has 1 saturated heterocycles. The van der Waals surface area contributed by atoms with E-state index in [-0.39, 0.29) is 42.0 Å². The number of piperidine rings is 1. The highest BCUT2D eigenvalue weighted by Gasteiger charge is 2.31. The number of hydrogen-bond acceptors (Lipinski definition) is 12. The van der Waals surface area contributed by atoms with Crippen molar-refractivity contribution >= 4 is 62.4 Å². The van der Waals surface area contributed by atoms with Crippen LogP contribution >= 0.6 is 12.4 Å². The number of hydrogen-bond donors (Lipinski definition) is 0. The van der Waals surface area contributed by atoms with E-state index in [9.17, 15) is 14.4 Å². The van der Waals surface area contributed by atoms with E-state index in [1.165, 1.54) is 19.3 Å². The maximum Gasteiger partial charge on any atom is 0.410 e. The van der Waals surface area contributed by atoms with Crippen molar-refractivity contribution in [1.29, 1.82) is 0 Å². The van der Waals surface area contributed by atoms with Gasteiger partial charge in [0.25, 0.3) is 0 Å². The van der Waals surface area contributed by atoms with E-state index in [0.717, 1.165) is 109 Å². The number of ether oxygens (including phenoxy) is 1. The summed E-state index contributed by atoms with van der Waals surface area (Å²) in [7, 11) is 7.27. The van der Waals surface area contributed by atoms with Crippen LogP contribution in [-0.2, 0) is 32.9 Å². The second kappa shape index (κ2) is 19.8. The smallest absolute Gasteiger partial charge is 0.410 e. The lowest BCUT2D eigenvalue weighted by molar-refractivity contribution is 0.0173. The lowest BCUT2D eigenvalue weighted by Gasteiger charge is -2.34. The molecule has 1 aliphatic carbocycles. The number of imidazole rings is 2. The van der Waals surface area contributed by atoms with Crippen LogP contribution in [-0.4, -0.2) is 97.9 Å². The first-order valence-electron chi connectivity index (χ1n) is 24.8. The molecule has 0 unspecified atom stereocenters. The van der Waals surface area contributed by atoms with Gasteiger partial charge in [-0.15, -0.1) is 22.6 Å². The molecule has 1 amide bonds. The Hall–Kier alpha value is -8.06. The number of fused-ring (bicyclic) bond motifs is 6. The molecular formula is C54H58ClN15O4. The molecule has 9 heterocycles. The van der Waals surface area contributed by atoms with Gasteiger partial charge in [0.1, 0.15) is 17.0 Å². The van der Waals surface area contributed by atoms with Gasteiger partial charge in [0.05, 0.1) is 75.3 Å². The number of aryl methyl sites for hydroxylation is 4. The highest BCUT2D eigenvalue weighted by molar-refractivity contribution is 6.05. The minimum atomic E-state index is -0.583. The van der Waals surface area contributed by atoms with E-state index in [2.05, 4.69) is 58.8 Å². The fourth-order valence-corrected chi connectivity index (χ4v) is 10.4. The van der Waals surface area contributed by atoms with Gasteiger partial charge in [-0.1, -0.05) is 54.0 Å². The Bertz CT molecular complexity index is 3840. The predicted molar refractivity (Wildman–Crippen MR) is 287 cm³/mol. The minimum Gasteiger partial charge on any atom is -0.444 e. The molecule has 8 aromatic heterocycles. The maximum atomic E-state index is 13.6. The Morgan fingerprint density at radius 1 is 0.568 bits per heavy atom. The second-order valence-corrected chi connectivity index (χ2v) is 20.3. The lowest BCUT2D eigenvalue weighted by Crippen LogP contribution is -2.45. The summed E-state index contributed by atoms with van der Waals surface area (Å²) < 4.78 is 16.2. The fourth-order valence-electron chi connectivity index (χ4n) is 10.4. The number of halogens is 1. The van der Waals surface area contributed by atoms with Crippen LogP contribution in [0.2, 0.25) is 0 Å². The quantitative estimate of drug-likeness (QED) is 0.154. The van der Waals surface area contributed by atoms with Crippen LogP contribution in [0.4, 0.5) is 4.79 Å². The molecule has 12 rings (SSSR count). The SMILES string of the molecule is Cl.Cn1cc(-c2ccc(-c3ccc4ncc5c(c4c3)n(C3CCCCC3)c(=O)n5C)cn2)nn1.Cn1cc(-c2ccc(-c3ccc4ncc5c(c4c3)n([C@@H]3CCCN(C(=O)OC(C)(C)C)C3)c(=O)n5C)cn2)nn1. The lowest BCUT2D eigenvalue weighted by atomic mass is 9.95. The molecule has 380 valence electrons. The standard InChI is InChI=1S/C29H32N8O3.C25H25N7O.ClH/c1-29(2,3)40-28(39)36-12-6-7-20(16-36)37-26-21-13-18(8-10-22(21)31-15-25(26)35(5)27(37)38)19-9-11-23(30-14-19)24-17-34(4)33-32-24;1-30-15-22(28-29-30)21-11-9-17(13-26-21)16-8-10-20-19(12-16)24-23(14-27-20)31(2)25(33)32(24)18-6-4-3-5-7-18;/h8-11,13-15,17,20H,6-7,12,16H2,1-5H3;8-15,18H,3-7H2,1-2H3;1H/t20-;;/m1../s1. The summed E-state index contributed by atoms with van der Waals surface area (Å²) in [5.74, 6) is 0. The van der Waals surface area contributed by atoms with Crippen LogP contribution < -0.4 is 11.4 Å². The number of rotatable bonds is 6. The van der Waals surface area contributed by atoms with Gasteiger partial charge in [0.2, 0.25) is 0 Å². The van der Waals surface area contributed by atoms with E-state index in [1.807, 2.05) is 124 Å². The normalized spacial score (nSPS) is 15.4. The van der Waals surface area contributed by atoms with Crippen molar-refractivity contribution in [1.82, 2.24) is 73.1 Å². The van der Waals surface area contributed by atoms with Crippen LogP contribution in [0.25, 0.3) is 88.9 Å². The first-order chi connectivity index (χ1) is 35.2. The molecular weight excluding hydrogens is 958 g/mol. The van der Waals surface area contributed by atoms with E-state index < -0.39 is 5.60 Å². The third kappa shape index (κ3) is 9.31. The van der Waals surface area contributed by atoms with Crippen molar-refractivity contribution in [3.05, 3.63) is 119 Å². The van der Waals surface area contributed by atoms with Gasteiger partial charge in [0, 0.05) is 81.6 Å². The largest absolute Gasteiger partial charge is 0.444 e. The molecule has 1 aliphatic heterocycles. The first-order valence-corrected chi connectivity index (χ1v) is 24.8. The Morgan fingerprint density at radius 2 is 1.04 bits per heavy atom. The highest BCUT2D eigenvalue weighted by Crippen LogP contribution is 2.36. The molecule has 0 radical (unpaired) electrons.